The number of rotatable bonds is 2. The van der Waals surface area contributed by atoms with Crippen LogP contribution in [-0.2, 0) is 16.4 Å². The summed E-state index contributed by atoms with van der Waals surface area (Å²) >= 11 is 0. The Balaban J connectivity index is 1.79. The monoisotopic (exact) mass is 331 g/mol. The average Bonchev–Trinajstić information content (AvgIpc) is 2.90. The van der Waals surface area contributed by atoms with Crippen molar-refractivity contribution in [3.8, 4) is 11.5 Å². The van der Waals surface area contributed by atoms with Crippen molar-refractivity contribution in [3.05, 3.63) is 48.0 Å². The maximum absolute atomic E-state index is 13.1. The molecule has 2 aromatic carbocycles. The van der Waals surface area contributed by atoms with Gasteiger partial charge in [-0.25, -0.2) is 8.42 Å². The topological polar surface area (TPSA) is 55.8 Å². The summed E-state index contributed by atoms with van der Waals surface area (Å²) in [4.78, 5) is 0.227. The fourth-order valence-corrected chi connectivity index (χ4v) is 4.91. The molecule has 0 saturated carbocycles. The number of ether oxygens (including phenoxy) is 2. The molecule has 23 heavy (non-hydrogen) atoms. The van der Waals surface area contributed by atoms with E-state index in [1.165, 1.54) is 4.31 Å². The fourth-order valence-electron chi connectivity index (χ4n) is 3.20. The quantitative estimate of drug-likeness (QED) is 0.849. The van der Waals surface area contributed by atoms with Gasteiger partial charge in [-0.05, 0) is 37.1 Å². The molecule has 120 valence electrons. The highest BCUT2D eigenvalue weighted by Crippen LogP contribution is 2.39. The third-order valence-corrected chi connectivity index (χ3v) is 6.14. The Hall–Kier alpha value is -2.21. The maximum Gasteiger partial charge on any atom is 0.264 e. The molecule has 0 amide bonds. The van der Waals surface area contributed by atoms with Gasteiger partial charge in [0.25, 0.3) is 10.0 Å². The lowest BCUT2D eigenvalue weighted by molar-refractivity contribution is 0.171. The van der Waals surface area contributed by atoms with Crippen LogP contribution in [0.3, 0.4) is 0 Å². The Kier molecular flexibility index (Phi) is 3.23. The first-order valence-corrected chi connectivity index (χ1v) is 9.03. The normalized spacial score (nSPS) is 19.5. The van der Waals surface area contributed by atoms with Crippen LogP contribution in [0.2, 0.25) is 0 Å². The Labute approximate surface area is 135 Å². The van der Waals surface area contributed by atoms with Crippen LogP contribution in [0.4, 0.5) is 5.69 Å². The molecule has 4 rings (SSSR count). The van der Waals surface area contributed by atoms with E-state index in [-0.39, 0.29) is 10.9 Å². The minimum absolute atomic E-state index is 0.106. The molecule has 0 saturated heterocycles. The number of anilines is 1. The Morgan fingerprint density at radius 1 is 1.04 bits per heavy atom. The number of hydrogen-bond acceptors (Lipinski definition) is 4. The van der Waals surface area contributed by atoms with Gasteiger partial charge in [0.1, 0.15) is 13.2 Å². The van der Waals surface area contributed by atoms with Gasteiger partial charge in [-0.15, -0.1) is 0 Å². The summed E-state index contributed by atoms with van der Waals surface area (Å²) in [6, 6.07) is 12.3. The van der Waals surface area contributed by atoms with Crippen molar-refractivity contribution in [1.82, 2.24) is 0 Å². The number of sulfonamides is 1. The lowest BCUT2D eigenvalue weighted by atomic mass is 10.1. The molecule has 1 atom stereocenters. The van der Waals surface area contributed by atoms with Gasteiger partial charge in [0.2, 0.25) is 0 Å². The third kappa shape index (κ3) is 2.25. The first-order valence-electron chi connectivity index (χ1n) is 7.59. The minimum Gasteiger partial charge on any atom is -0.486 e. The summed E-state index contributed by atoms with van der Waals surface area (Å²) in [6.45, 7) is 2.84. The second-order valence-corrected chi connectivity index (χ2v) is 7.60. The summed E-state index contributed by atoms with van der Waals surface area (Å²) in [6.07, 6.45) is 0.722. The second-order valence-electron chi connectivity index (χ2n) is 5.79. The van der Waals surface area contributed by atoms with E-state index in [2.05, 4.69) is 0 Å². The van der Waals surface area contributed by atoms with E-state index >= 15 is 0 Å². The average molecular weight is 331 g/mol. The smallest absolute Gasteiger partial charge is 0.264 e. The van der Waals surface area contributed by atoms with Crippen LogP contribution in [0, 0.1) is 0 Å². The van der Waals surface area contributed by atoms with Crippen molar-refractivity contribution in [1.29, 1.82) is 0 Å². The molecular weight excluding hydrogens is 314 g/mol. The zero-order valence-corrected chi connectivity index (χ0v) is 13.5. The molecule has 0 radical (unpaired) electrons. The highest BCUT2D eigenvalue weighted by Gasteiger charge is 2.36. The number of nitrogens with zero attached hydrogens (tertiary/aromatic N) is 1. The van der Waals surface area contributed by atoms with E-state index in [0.717, 1.165) is 17.7 Å². The summed E-state index contributed by atoms with van der Waals surface area (Å²) in [5.41, 5.74) is 1.82. The lowest BCUT2D eigenvalue weighted by Gasteiger charge is -2.25. The van der Waals surface area contributed by atoms with E-state index in [0.29, 0.717) is 24.7 Å². The molecule has 0 N–H and O–H groups in total. The molecule has 0 bridgehead atoms. The molecule has 0 aliphatic carbocycles. The van der Waals surface area contributed by atoms with Crippen molar-refractivity contribution < 1.29 is 17.9 Å². The van der Waals surface area contributed by atoms with Crippen LogP contribution in [0.1, 0.15) is 12.5 Å². The van der Waals surface area contributed by atoms with Crippen LogP contribution in [0.5, 0.6) is 11.5 Å². The zero-order chi connectivity index (χ0) is 16.0. The maximum atomic E-state index is 13.1. The fraction of sp³-hybridized carbons (Fsp3) is 0.294. The lowest BCUT2D eigenvalue weighted by Crippen LogP contribution is -2.35. The van der Waals surface area contributed by atoms with Crippen LogP contribution in [0.15, 0.2) is 47.4 Å². The highest BCUT2D eigenvalue weighted by molar-refractivity contribution is 7.92. The predicted molar refractivity (Wildman–Crippen MR) is 86.7 cm³/mol. The molecule has 0 fully saturated rings. The highest BCUT2D eigenvalue weighted by atomic mass is 32.2. The van der Waals surface area contributed by atoms with Gasteiger partial charge in [0.05, 0.1) is 10.6 Å². The van der Waals surface area contributed by atoms with Crippen LogP contribution < -0.4 is 13.8 Å². The predicted octanol–water partition coefficient (Wildman–Crippen LogP) is 2.60. The van der Waals surface area contributed by atoms with E-state index in [1.807, 2.05) is 31.2 Å². The summed E-state index contributed by atoms with van der Waals surface area (Å²) in [5, 5.41) is 0. The SMILES string of the molecule is C[C@H]1Cc2ccccc2N1S(=O)(=O)c1ccc2c(c1)OCCO2. The van der Waals surface area contributed by atoms with Gasteiger partial charge in [0.15, 0.2) is 11.5 Å². The molecule has 0 spiro atoms. The largest absolute Gasteiger partial charge is 0.486 e. The zero-order valence-electron chi connectivity index (χ0n) is 12.7. The van der Waals surface area contributed by atoms with Crippen LogP contribution in [0.25, 0.3) is 0 Å². The summed E-state index contributed by atoms with van der Waals surface area (Å²) in [5.74, 6) is 1.07. The molecule has 2 heterocycles. The van der Waals surface area contributed by atoms with Crippen LogP contribution in [-0.4, -0.2) is 27.7 Å². The molecule has 2 aromatic rings. The molecule has 2 aliphatic rings. The number of fused-ring (bicyclic) bond motifs is 2. The van der Waals surface area contributed by atoms with Crippen LogP contribution >= 0.6 is 0 Å². The standard InChI is InChI=1S/C17H17NO4S/c1-12-10-13-4-2-3-5-15(13)18(12)23(19,20)14-6-7-16-17(11-14)22-9-8-21-16/h2-7,11-12H,8-10H2,1H3/t12-/m0/s1. The van der Waals surface area contributed by atoms with Gasteiger partial charge in [0, 0.05) is 12.1 Å². The number of hydrogen-bond donors (Lipinski definition) is 0. The number of para-hydroxylation sites is 1. The van der Waals surface area contributed by atoms with Gasteiger partial charge in [-0.2, -0.15) is 0 Å². The molecule has 0 aromatic heterocycles. The molecular formula is C17H17NO4S. The molecule has 2 aliphatic heterocycles. The van der Waals surface area contributed by atoms with Gasteiger partial charge in [-0.3, -0.25) is 4.31 Å². The third-order valence-electron chi connectivity index (χ3n) is 4.22. The Morgan fingerprint density at radius 2 is 1.78 bits per heavy atom. The van der Waals surface area contributed by atoms with E-state index in [9.17, 15) is 8.42 Å². The Bertz CT molecular complexity index is 863. The molecule has 5 nitrogen and oxygen atoms in total. The van der Waals surface area contributed by atoms with Crippen molar-refractivity contribution in [3.63, 3.8) is 0 Å². The molecule has 0 unspecified atom stereocenters. The van der Waals surface area contributed by atoms with Crippen molar-refractivity contribution in [2.24, 2.45) is 0 Å². The van der Waals surface area contributed by atoms with E-state index in [4.69, 9.17) is 9.47 Å². The number of benzene rings is 2. The van der Waals surface area contributed by atoms with Gasteiger partial charge in [-0.1, -0.05) is 18.2 Å². The summed E-state index contributed by atoms with van der Waals surface area (Å²) in [7, 11) is -3.64. The van der Waals surface area contributed by atoms with Gasteiger partial charge < -0.3 is 9.47 Å². The first kappa shape index (κ1) is 14.4. The Morgan fingerprint density at radius 3 is 2.61 bits per heavy atom. The first-order chi connectivity index (χ1) is 11.1. The van der Waals surface area contributed by atoms with E-state index < -0.39 is 10.0 Å². The second kappa shape index (κ2) is 5.16. The van der Waals surface area contributed by atoms with Gasteiger partial charge >= 0.3 is 0 Å². The molecule has 6 heteroatoms. The van der Waals surface area contributed by atoms with Crippen molar-refractivity contribution in [2.45, 2.75) is 24.3 Å². The van der Waals surface area contributed by atoms with Crippen molar-refractivity contribution in [2.75, 3.05) is 17.5 Å². The van der Waals surface area contributed by atoms with E-state index in [1.54, 1.807) is 18.2 Å². The minimum atomic E-state index is -3.64. The van der Waals surface area contributed by atoms with Crippen molar-refractivity contribution >= 4 is 15.7 Å². The summed E-state index contributed by atoms with van der Waals surface area (Å²) < 4.78 is 38.7.